The Labute approximate surface area is 150 Å². The van der Waals surface area contributed by atoms with Crippen molar-refractivity contribution in [3.8, 4) is 11.5 Å². The van der Waals surface area contributed by atoms with Crippen LogP contribution in [-0.2, 0) is 6.54 Å². The van der Waals surface area contributed by atoms with Crippen LogP contribution in [0.2, 0.25) is 0 Å². The number of H-pyrrole nitrogens is 1. The van der Waals surface area contributed by atoms with Gasteiger partial charge in [-0.25, -0.2) is 4.98 Å². The normalized spacial score (nSPS) is 19.3. The van der Waals surface area contributed by atoms with E-state index in [1.807, 2.05) is 24.3 Å². The maximum atomic E-state index is 12.3. The minimum atomic E-state index is -0.0792. The molecule has 2 aromatic carbocycles. The first-order valence-corrected chi connectivity index (χ1v) is 8.89. The first-order valence-electron chi connectivity index (χ1n) is 8.89. The number of likely N-dealkylation sites (tertiary alicyclic amines) is 1. The van der Waals surface area contributed by atoms with Crippen molar-refractivity contribution in [3.63, 3.8) is 0 Å². The molecule has 132 valence electrons. The molecule has 3 heterocycles. The van der Waals surface area contributed by atoms with Gasteiger partial charge in [0.1, 0.15) is 5.82 Å². The van der Waals surface area contributed by atoms with E-state index >= 15 is 0 Å². The van der Waals surface area contributed by atoms with Gasteiger partial charge in [0.05, 0.1) is 17.4 Å². The number of hydrogen-bond acceptors (Lipinski definition) is 5. The molecule has 2 aliphatic rings. The van der Waals surface area contributed by atoms with Gasteiger partial charge in [0, 0.05) is 6.04 Å². The fourth-order valence-electron chi connectivity index (χ4n) is 3.92. The molecule has 1 fully saturated rings. The summed E-state index contributed by atoms with van der Waals surface area (Å²) in [5, 5.41) is 0.630. The summed E-state index contributed by atoms with van der Waals surface area (Å²) in [7, 11) is 0. The highest BCUT2D eigenvalue weighted by Crippen LogP contribution is 2.39. The molecule has 2 aliphatic heterocycles. The maximum Gasteiger partial charge on any atom is 0.258 e. The van der Waals surface area contributed by atoms with Gasteiger partial charge in [-0.3, -0.25) is 9.69 Å². The molecular weight excluding hydrogens is 330 g/mol. The number of nitrogens with zero attached hydrogens (tertiary/aromatic N) is 2. The number of rotatable bonds is 3. The highest BCUT2D eigenvalue weighted by atomic mass is 16.7. The molecule has 6 nitrogen and oxygen atoms in total. The first-order chi connectivity index (χ1) is 12.8. The number of ether oxygens (including phenoxy) is 2. The van der Waals surface area contributed by atoms with Crippen molar-refractivity contribution in [1.82, 2.24) is 14.9 Å². The average molecular weight is 349 g/mol. The minimum Gasteiger partial charge on any atom is -0.454 e. The minimum absolute atomic E-state index is 0.0792. The second kappa shape index (κ2) is 6.14. The van der Waals surface area contributed by atoms with Crippen LogP contribution in [0, 0.1) is 0 Å². The standard InChI is InChI=1S/C20H19N3O3/c24-20-14-4-1-2-5-15(14)21-19(22-20)11-23-9-3-6-16(23)13-7-8-17-18(10-13)26-12-25-17/h1-2,4-5,7-8,10,16H,3,6,9,11-12H2,(H,21,22,24). The average Bonchev–Trinajstić information content (AvgIpc) is 3.30. The van der Waals surface area contributed by atoms with Crippen LogP contribution in [-0.4, -0.2) is 28.2 Å². The highest BCUT2D eigenvalue weighted by Gasteiger charge is 2.28. The van der Waals surface area contributed by atoms with Crippen LogP contribution in [0.25, 0.3) is 10.9 Å². The molecular formula is C20H19N3O3. The summed E-state index contributed by atoms with van der Waals surface area (Å²) in [5.74, 6) is 2.33. The van der Waals surface area contributed by atoms with Gasteiger partial charge in [0.15, 0.2) is 11.5 Å². The van der Waals surface area contributed by atoms with E-state index in [1.165, 1.54) is 5.56 Å². The zero-order chi connectivity index (χ0) is 17.5. The van der Waals surface area contributed by atoms with Crippen molar-refractivity contribution < 1.29 is 9.47 Å². The molecule has 0 aliphatic carbocycles. The zero-order valence-corrected chi connectivity index (χ0v) is 14.3. The third-order valence-electron chi connectivity index (χ3n) is 5.16. The summed E-state index contributed by atoms with van der Waals surface area (Å²) in [6.07, 6.45) is 2.20. The first kappa shape index (κ1) is 15.4. The predicted molar refractivity (Wildman–Crippen MR) is 97.3 cm³/mol. The van der Waals surface area contributed by atoms with Crippen LogP contribution in [0.4, 0.5) is 0 Å². The van der Waals surface area contributed by atoms with Gasteiger partial charge >= 0.3 is 0 Å². The lowest BCUT2D eigenvalue weighted by molar-refractivity contribution is 0.173. The van der Waals surface area contributed by atoms with Crippen molar-refractivity contribution in [3.05, 3.63) is 64.2 Å². The van der Waals surface area contributed by atoms with Gasteiger partial charge in [-0.15, -0.1) is 0 Å². The van der Waals surface area contributed by atoms with Gasteiger partial charge in [-0.1, -0.05) is 18.2 Å². The maximum absolute atomic E-state index is 12.3. The molecule has 0 bridgehead atoms. The number of hydrogen-bond donors (Lipinski definition) is 1. The molecule has 1 aromatic heterocycles. The van der Waals surface area contributed by atoms with Gasteiger partial charge in [-0.05, 0) is 49.2 Å². The summed E-state index contributed by atoms with van der Waals surface area (Å²) in [6, 6.07) is 13.9. The lowest BCUT2D eigenvalue weighted by Crippen LogP contribution is -2.25. The smallest absolute Gasteiger partial charge is 0.258 e. The largest absolute Gasteiger partial charge is 0.454 e. The van der Waals surface area contributed by atoms with Crippen LogP contribution in [0.3, 0.4) is 0 Å². The third kappa shape index (κ3) is 2.63. The molecule has 5 rings (SSSR count). The monoisotopic (exact) mass is 349 g/mol. The Morgan fingerprint density at radius 3 is 3.00 bits per heavy atom. The van der Waals surface area contributed by atoms with Crippen molar-refractivity contribution in [2.75, 3.05) is 13.3 Å². The number of benzene rings is 2. The summed E-state index contributed by atoms with van der Waals surface area (Å²) in [5.41, 5.74) is 1.88. The third-order valence-corrected chi connectivity index (χ3v) is 5.16. The van der Waals surface area contributed by atoms with Crippen LogP contribution < -0.4 is 15.0 Å². The lowest BCUT2D eigenvalue weighted by atomic mass is 10.0. The second-order valence-electron chi connectivity index (χ2n) is 6.77. The molecule has 0 radical (unpaired) electrons. The van der Waals surface area contributed by atoms with E-state index in [2.05, 4.69) is 27.0 Å². The van der Waals surface area contributed by atoms with Crippen LogP contribution in [0.1, 0.15) is 30.3 Å². The quantitative estimate of drug-likeness (QED) is 0.787. The topological polar surface area (TPSA) is 67.5 Å². The SMILES string of the molecule is O=c1[nH]c(CN2CCCC2c2ccc3c(c2)OCO3)nc2ccccc12. The van der Waals surface area contributed by atoms with E-state index < -0.39 is 0 Å². The molecule has 6 heteroatoms. The van der Waals surface area contributed by atoms with E-state index in [0.29, 0.717) is 23.8 Å². The van der Waals surface area contributed by atoms with Gasteiger partial charge in [0.25, 0.3) is 5.56 Å². The van der Waals surface area contributed by atoms with E-state index in [4.69, 9.17) is 9.47 Å². The molecule has 0 saturated carbocycles. The van der Waals surface area contributed by atoms with E-state index in [-0.39, 0.29) is 12.4 Å². The molecule has 0 amide bonds. The van der Waals surface area contributed by atoms with Crippen LogP contribution >= 0.6 is 0 Å². The molecule has 26 heavy (non-hydrogen) atoms. The molecule has 0 spiro atoms. The van der Waals surface area contributed by atoms with Gasteiger partial charge < -0.3 is 14.5 Å². The summed E-state index contributed by atoms with van der Waals surface area (Å²) in [6.45, 7) is 1.89. The van der Waals surface area contributed by atoms with E-state index in [1.54, 1.807) is 6.07 Å². The predicted octanol–water partition coefficient (Wildman–Crippen LogP) is 2.99. The lowest BCUT2D eigenvalue weighted by Gasteiger charge is -2.24. The van der Waals surface area contributed by atoms with Crippen molar-refractivity contribution in [1.29, 1.82) is 0 Å². The molecule has 1 unspecified atom stereocenters. The number of para-hydroxylation sites is 1. The Morgan fingerprint density at radius 2 is 2.04 bits per heavy atom. The number of nitrogens with one attached hydrogen (secondary N) is 1. The van der Waals surface area contributed by atoms with Crippen molar-refractivity contribution in [2.45, 2.75) is 25.4 Å². The van der Waals surface area contributed by atoms with Crippen molar-refractivity contribution in [2.24, 2.45) is 0 Å². The number of aromatic amines is 1. The van der Waals surface area contributed by atoms with Crippen molar-refractivity contribution >= 4 is 10.9 Å². The Kier molecular flexibility index (Phi) is 3.64. The Bertz CT molecular complexity index is 1030. The van der Waals surface area contributed by atoms with Gasteiger partial charge in [0.2, 0.25) is 6.79 Å². The van der Waals surface area contributed by atoms with E-state index in [0.717, 1.165) is 36.4 Å². The van der Waals surface area contributed by atoms with Crippen LogP contribution in [0.15, 0.2) is 47.3 Å². The fourth-order valence-corrected chi connectivity index (χ4v) is 3.92. The molecule has 1 atom stereocenters. The zero-order valence-electron chi connectivity index (χ0n) is 14.3. The Hall–Kier alpha value is -2.86. The summed E-state index contributed by atoms with van der Waals surface area (Å²) in [4.78, 5) is 22.3. The summed E-state index contributed by atoms with van der Waals surface area (Å²) >= 11 is 0. The number of fused-ring (bicyclic) bond motifs is 2. The number of aromatic nitrogens is 2. The molecule has 1 N–H and O–H groups in total. The molecule has 3 aromatic rings. The van der Waals surface area contributed by atoms with E-state index in [9.17, 15) is 4.79 Å². The van der Waals surface area contributed by atoms with Gasteiger partial charge in [-0.2, -0.15) is 0 Å². The Morgan fingerprint density at radius 1 is 1.15 bits per heavy atom. The Balaban J connectivity index is 1.44. The summed E-state index contributed by atoms with van der Waals surface area (Å²) < 4.78 is 10.9. The molecule has 1 saturated heterocycles. The second-order valence-corrected chi connectivity index (χ2v) is 6.77. The van der Waals surface area contributed by atoms with Crippen LogP contribution in [0.5, 0.6) is 11.5 Å². The fraction of sp³-hybridized carbons (Fsp3) is 0.300. The highest BCUT2D eigenvalue weighted by molar-refractivity contribution is 5.77.